The molecule has 0 saturated carbocycles. The molecule has 1 aliphatic heterocycles. The largest absolute Gasteiger partial charge is 0.356 e. The van der Waals surface area contributed by atoms with Gasteiger partial charge >= 0.3 is 0 Å². The smallest absolute Gasteiger partial charge is 0.225 e. The van der Waals surface area contributed by atoms with Crippen LogP contribution in [-0.4, -0.2) is 35.5 Å². The van der Waals surface area contributed by atoms with Crippen molar-refractivity contribution in [2.24, 2.45) is 11.8 Å². The van der Waals surface area contributed by atoms with Crippen molar-refractivity contribution in [3.8, 4) is 11.1 Å². The standard InChI is InChI=1S/C22H30N4O/c1-16(2)10-11-23-21(27)19-5-4-12-26(15-19)22-24-13-20(14-25-22)18-8-6-17(3)7-9-18/h6-9,13-14,16,19H,4-5,10-12,15H2,1-3H3,(H,23,27)/t19-/m1/s1. The fraction of sp³-hybridized carbons (Fsp3) is 0.500. The van der Waals surface area contributed by atoms with Crippen LogP contribution < -0.4 is 10.2 Å². The Bertz CT molecular complexity index is 740. The number of aryl methyl sites for hydroxylation is 1. The third kappa shape index (κ3) is 5.28. The van der Waals surface area contributed by atoms with Crippen molar-refractivity contribution >= 4 is 11.9 Å². The van der Waals surface area contributed by atoms with Crippen LogP contribution >= 0.6 is 0 Å². The molecule has 5 heteroatoms. The van der Waals surface area contributed by atoms with E-state index in [1.807, 2.05) is 12.4 Å². The number of hydrogen-bond acceptors (Lipinski definition) is 4. The first kappa shape index (κ1) is 19.3. The summed E-state index contributed by atoms with van der Waals surface area (Å²) in [6.07, 6.45) is 6.70. The number of amides is 1. The van der Waals surface area contributed by atoms with Crippen LogP contribution in [0.4, 0.5) is 5.95 Å². The molecule has 3 rings (SSSR count). The topological polar surface area (TPSA) is 58.1 Å². The van der Waals surface area contributed by atoms with E-state index >= 15 is 0 Å². The Morgan fingerprint density at radius 1 is 1.19 bits per heavy atom. The van der Waals surface area contributed by atoms with E-state index in [1.54, 1.807) is 0 Å². The number of hydrogen-bond donors (Lipinski definition) is 1. The van der Waals surface area contributed by atoms with Crippen LogP contribution in [-0.2, 0) is 4.79 Å². The van der Waals surface area contributed by atoms with E-state index in [0.29, 0.717) is 18.4 Å². The monoisotopic (exact) mass is 366 g/mol. The van der Waals surface area contributed by atoms with Gasteiger partial charge in [-0.15, -0.1) is 0 Å². The lowest BCUT2D eigenvalue weighted by molar-refractivity contribution is -0.125. The predicted octanol–water partition coefficient (Wildman–Crippen LogP) is 3.83. The van der Waals surface area contributed by atoms with E-state index in [9.17, 15) is 4.79 Å². The molecule has 2 aromatic rings. The third-order valence-corrected chi connectivity index (χ3v) is 5.12. The maximum atomic E-state index is 12.4. The minimum atomic E-state index is 0.0197. The number of rotatable bonds is 6. The normalized spacial score (nSPS) is 17.2. The van der Waals surface area contributed by atoms with Gasteiger partial charge in [0, 0.05) is 37.6 Å². The molecule has 2 heterocycles. The van der Waals surface area contributed by atoms with Gasteiger partial charge in [0.1, 0.15) is 0 Å². The number of anilines is 1. The summed E-state index contributed by atoms with van der Waals surface area (Å²) in [6.45, 7) is 8.78. The first-order chi connectivity index (χ1) is 13.0. The van der Waals surface area contributed by atoms with Crippen molar-refractivity contribution in [3.63, 3.8) is 0 Å². The molecule has 1 atom stereocenters. The van der Waals surface area contributed by atoms with Crippen LogP contribution in [0.15, 0.2) is 36.7 Å². The van der Waals surface area contributed by atoms with Crippen molar-refractivity contribution in [2.75, 3.05) is 24.5 Å². The van der Waals surface area contributed by atoms with E-state index in [4.69, 9.17) is 0 Å². The molecule has 1 N–H and O–H groups in total. The molecule has 1 aromatic carbocycles. The van der Waals surface area contributed by atoms with Crippen molar-refractivity contribution in [2.45, 2.75) is 40.0 Å². The minimum absolute atomic E-state index is 0.0197. The maximum Gasteiger partial charge on any atom is 0.225 e. The van der Waals surface area contributed by atoms with Gasteiger partial charge in [0.05, 0.1) is 5.92 Å². The molecule has 5 nitrogen and oxygen atoms in total. The Balaban J connectivity index is 1.60. The van der Waals surface area contributed by atoms with Crippen molar-refractivity contribution in [1.82, 2.24) is 15.3 Å². The van der Waals surface area contributed by atoms with E-state index in [1.165, 1.54) is 5.56 Å². The predicted molar refractivity (Wildman–Crippen MR) is 110 cm³/mol. The maximum absolute atomic E-state index is 12.4. The van der Waals surface area contributed by atoms with Crippen molar-refractivity contribution in [3.05, 3.63) is 42.2 Å². The van der Waals surface area contributed by atoms with Crippen LogP contribution in [0.25, 0.3) is 11.1 Å². The van der Waals surface area contributed by atoms with Gasteiger partial charge in [0.2, 0.25) is 11.9 Å². The van der Waals surface area contributed by atoms with E-state index in [-0.39, 0.29) is 11.8 Å². The van der Waals surface area contributed by atoms with Crippen molar-refractivity contribution in [1.29, 1.82) is 0 Å². The first-order valence-electron chi connectivity index (χ1n) is 9.94. The van der Waals surface area contributed by atoms with Crippen LogP contribution in [0, 0.1) is 18.8 Å². The Morgan fingerprint density at radius 3 is 2.56 bits per heavy atom. The Morgan fingerprint density at radius 2 is 1.89 bits per heavy atom. The lowest BCUT2D eigenvalue weighted by Crippen LogP contribution is -2.44. The van der Waals surface area contributed by atoms with Gasteiger partial charge in [-0.2, -0.15) is 0 Å². The molecule has 144 valence electrons. The van der Waals surface area contributed by atoms with Gasteiger partial charge < -0.3 is 10.2 Å². The number of carbonyl (C=O) groups excluding carboxylic acids is 1. The molecule has 1 amide bonds. The zero-order chi connectivity index (χ0) is 19.2. The molecule has 0 aliphatic carbocycles. The van der Waals surface area contributed by atoms with Crippen LogP contribution in [0.5, 0.6) is 0 Å². The number of nitrogens with zero attached hydrogens (tertiary/aromatic N) is 3. The van der Waals surface area contributed by atoms with Gasteiger partial charge in [-0.05, 0) is 37.7 Å². The highest BCUT2D eigenvalue weighted by molar-refractivity contribution is 5.79. The summed E-state index contributed by atoms with van der Waals surface area (Å²) in [4.78, 5) is 23.7. The fourth-order valence-corrected chi connectivity index (χ4v) is 3.38. The molecular formula is C22H30N4O. The fourth-order valence-electron chi connectivity index (χ4n) is 3.38. The van der Waals surface area contributed by atoms with Crippen LogP contribution in [0.1, 0.15) is 38.7 Å². The lowest BCUT2D eigenvalue weighted by atomic mass is 9.97. The molecule has 27 heavy (non-hydrogen) atoms. The van der Waals surface area contributed by atoms with E-state index in [2.05, 4.69) is 65.2 Å². The molecule has 0 unspecified atom stereocenters. The van der Waals surface area contributed by atoms with Gasteiger partial charge in [0.15, 0.2) is 0 Å². The van der Waals surface area contributed by atoms with Crippen LogP contribution in [0.2, 0.25) is 0 Å². The number of nitrogens with one attached hydrogen (secondary N) is 1. The van der Waals surface area contributed by atoms with Gasteiger partial charge in [-0.1, -0.05) is 43.7 Å². The van der Waals surface area contributed by atoms with Crippen molar-refractivity contribution < 1.29 is 4.79 Å². The summed E-state index contributed by atoms with van der Waals surface area (Å²) in [6, 6.07) is 8.37. The Hall–Kier alpha value is -2.43. The zero-order valence-corrected chi connectivity index (χ0v) is 16.6. The van der Waals surface area contributed by atoms with Gasteiger partial charge in [-0.3, -0.25) is 4.79 Å². The quantitative estimate of drug-likeness (QED) is 0.844. The molecule has 0 radical (unpaired) electrons. The van der Waals surface area contributed by atoms with Crippen LogP contribution in [0.3, 0.4) is 0 Å². The highest BCUT2D eigenvalue weighted by Gasteiger charge is 2.26. The Kier molecular flexibility index (Phi) is 6.43. The summed E-state index contributed by atoms with van der Waals surface area (Å²) in [5.74, 6) is 1.50. The third-order valence-electron chi connectivity index (χ3n) is 5.12. The van der Waals surface area contributed by atoms with Gasteiger partial charge in [-0.25, -0.2) is 9.97 Å². The second-order valence-corrected chi connectivity index (χ2v) is 7.90. The summed E-state index contributed by atoms with van der Waals surface area (Å²) < 4.78 is 0. The number of piperidine rings is 1. The van der Waals surface area contributed by atoms with E-state index < -0.39 is 0 Å². The second-order valence-electron chi connectivity index (χ2n) is 7.90. The molecule has 1 saturated heterocycles. The highest BCUT2D eigenvalue weighted by atomic mass is 16.1. The molecule has 0 bridgehead atoms. The summed E-state index contributed by atoms with van der Waals surface area (Å²) in [5, 5.41) is 3.08. The second kappa shape index (κ2) is 8.98. The molecule has 1 aliphatic rings. The number of carbonyl (C=O) groups is 1. The summed E-state index contributed by atoms with van der Waals surface area (Å²) >= 11 is 0. The Labute approximate surface area is 162 Å². The SMILES string of the molecule is Cc1ccc(-c2cnc(N3CCC[C@@H](C(=O)NCCC(C)C)C3)nc2)cc1. The van der Waals surface area contributed by atoms with Gasteiger partial charge in [0.25, 0.3) is 0 Å². The average molecular weight is 367 g/mol. The summed E-state index contributed by atoms with van der Waals surface area (Å²) in [5.41, 5.74) is 3.37. The lowest BCUT2D eigenvalue weighted by Gasteiger charge is -2.32. The number of aromatic nitrogens is 2. The molecule has 1 aromatic heterocycles. The average Bonchev–Trinajstić information content (AvgIpc) is 2.68. The molecular weight excluding hydrogens is 336 g/mol. The zero-order valence-electron chi connectivity index (χ0n) is 16.6. The summed E-state index contributed by atoms with van der Waals surface area (Å²) in [7, 11) is 0. The number of benzene rings is 1. The first-order valence-corrected chi connectivity index (χ1v) is 9.94. The molecule has 1 fully saturated rings. The minimum Gasteiger partial charge on any atom is -0.356 e. The highest BCUT2D eigenvalue weighted by Crippen LogP contribution is 2.23. The molecule has 0 spiro atoms. The van der Waals surface area contributed by atoms with E-state index in [0.717, 1.165) is 43.5 Å².